The zero-order valence-corrected chi connectivity index (χ0v) is 12.3. The molecule has 1 aliphatic carbocycles. The molecule has 2 nitrogen and oxygen atoms in total. The average Bonchev–Trinajstić information content (AvgIpc) is 2.47. The van der Waals surface area contributed by atoms with Crippen molar-refractivity contribution in [1.29, 1.82) is 0 Å². The molecule has 0 saturated carbocycles. The third kappa shape index (κ3) is 2.55. The summed E-state index contributed by atoms with van der Waals surface area (Å²) in [4.78, 5) is 24.6. The molecule has 1 aliphatic rings. The molecule has 104 valence electrons. The minimum absolute atomic E-state index is 0.0955. The standard InChI is InChI=1S/C18H13ClO2/c1-11-6-7-12(16(19)8-11)9-13-10-17(20)14-4-2-3-5-15(14)18(13)21/h2-8,10H,9H2,1H3. The van der Waals surface area contributed by atoms with Crippen LogP contribution >= 0.6 is 11.6 Å². The molecule has 0 bridgehead atoms. The number of aryl methyl sites for hydroxylation is 1. The number of ketones is 2. The Bertz CT molecular complexity index is 788. The highest BCUT2D eigenvalue weighted by atomic mass is 35.5. The molecule has 0 aromatic heterocycles. The van der Waals surface area contributed by atoms with Gasteiger partial charge in [-0.05, 0) is 30.2 Å². The van der Waals surface area contributed by atoms with E-state index in [4.69, 9.17) is 11.6 Å². The van der Waals surface area contributed by atoms with Crippen LogP contribution in [0.1, 0.15) is 31.8 Å². The van der Waals surface area contributed by atoms with Crippen LogP contribution < -0.4 is 0 Å². The predicted molar refractivity (Wildman–Crippen MR) is 83.1 cm³/mol. The summed E-state index contributed by atoms with van der Waals surface area (Å²) >= 11 is 6.21. The molecule has 0 aliphatic heterocycles. The first-order chi connectivity index (χ1) is 10.1. The molecule has 0 spiro atoms. The summed E-state index contributed by atoms with van der Waals surface area (Å²) in [7, 11) is 0. The quantitative estimate of drug-likeness (QED) is 0.832. The second kappa shape index (κ2) is 5.30. The number of halogens is 1. The van der Waals surface area contributed by atoms with E-state index in [2.05, 4.69) is 0 Å². The van der Waals surface area contributed by atoms with Gasteiger partial charge in [0.2, 0.25) is 0 Å². The Kier molecular flexibility index (Phi) is 3.48. The molecule has 3 heteroatoms. The predicted octanol–water partition coefficient (Wildman–Crippen LogP) is 4.20. The molecule has 0 radical (unpaired) electrons. The summed E-state index contributed by atoms with van der Waals surface area (Å²) in [5, 5.41) is 0.620. The highest BCUT2D eigenvalue weighted by Gasteiger charge is 2.25. The normalized spacial score (nSPS) is 13.9. The Labute approximate surface area is 128 Å². The summed E-state index contributed by atoms with van der Waals surface area (Å²) in [6, 6.07) is 12.6. The molecule has 2 aromatic carbocycles. The lowest BCUT2D eigenvalue weighted by Crippen LogP contribution is -2.18. The fraction of sp³-hybridized carbons (Fsp3) is 0.111. The molecule has 0 saturated heterocycles. The first kappa shape index (κ1) is 13.8. The molecular formula is C18H13ClO2. The van der Waals surface area contributed by atoms with E-state index >= 15 is 0 Å². The molecule has 0 fully saturated rings. The van der Waals surface area contributed by atoms with Gasteiger partial charge in [-0.3, -0.25) is 9.59 Å². The molecule has 0 unspecified atom stereocenters. The summed E-state index contributed by atoms with van der Waals surface area (Å²) in [6.07, 6.45) is 1.80. The van der Waals surface area contributed by atoms with Crippen molar-refractivity contribution < 1.29 is 9.59 Å². The average molecular weight is 297 g/mol. The number of benzene rings is 2. The van der Waals surface area contributed by atoms with Gasteiger partial charge in [0, 0.05) is 28.1 Å². The van der Waals surface area contributed by atoms with Crippen molar-refractivity contribution in [3.05, 3.63) is 81.4 Å². The van der Waals surface area contributed by atoms with Crippen molar-refractivity contribution in [3.8, 4) is 0 Å². The van der Waals surface area contributed by atoms with Crippen molar-refractivity contribution in [1.82, 2.24) is 0 Å². The van der Waals surface area contributed by atoms with Crippen molar-refractivity contribution in [2.24, 2.45) is 0 Å². The SMILES string of the molecule is Cc1ccc(CC2=CC(=O)c3ccccc3C2=O)c(Cl)c1. The monoisotopic (exact) mass is 296 g/mol. The summed E-state index contributed by atoms with van der Waals surface area (Å²) in [5.41, 5.74) is 3.36. The van der Waals surface area contributed by atoms with Gasteiger partial charge < -0.3 is 0 Å². The van der Waals surface area contributed by atoms with E-state index in [1.165, 1.54) is 6.08 Å². The Morgan fingerprint density at radius 3 is 2.43 bits per heavy atom. The van der Waals surface area contributed by atoms with E-state index in [9.17, 15) is 9.59 Å². The number of fused-ring (bicyclic) bond motifs is 1. The number of Topliss-reactive ketones (excluding diaryl/α,β-unsaturated/α-hetero) is 1. The maximum Gasteiger partial charge on any atom is 0.190 e. The zero-order chi connectivity index (χ0) is 15.0. The van der Waals surface area contributed by atoms with Crippen LogP contribution in [0.5, 0.6) is 0 Å². The second-order valence-electron chi connectivity index (χ2n) is 5.18. The molecule has 0 heterocycles. The van der Waals surface area contributed by atoms with Gasteiger partial charge in [0.25, 0.3) is 0 Å². The van der Waals surface area contributed by atoms with Gasteiger partial charge >= 0.3 is 0 Å². The van der Waals surface area contributed by atoms with Gasteiger partial charge in [0.1, 0.15) is 0 Å². The van der Waals surface area contributed by atoms with Gasteiger partial charge in [-0.2, -0.15) is 0 Å². The van der Waals surface area contributed by atoms with Gasteiger partial charge in [-0.1, -0.05) is 48.0 Å². The van der Waals surface area contributed by atoms with E-state index in [1.807, 2.05) is 25.1 Å². The fourth-order valence-corrected chi connectivity index (χ4v) is 2.80. The smallest absolute Gasteiger partial charge is 0.190 e. The molecular weight excluding hydrogens is 284 g/mol. The van der Waals surface area contributed by atoms with E-state index in [1.54, 1.807) is 24.3 Å². The first-order valence-electron chi connectivity index (χ1n) is 6.70. The fourth-order valence-electron chi connectivity index (χ4n) is 2.50. The lowest BCUT2D eigenvalue weighted by Gasteiger charge is -2.15. The van der Waals surface area contributed by atoms with E-state index in [-0.39, 0.29) is 11.6 Å². The Morgan fingerprint density at radius 1 is 1.00 bits per heavy atom. The Hall–Kier alpha value is -2.19. The Balaban J connectivity index is 1.97. The van der Waals surface area contributed by atoms with Crippen LogP contribution in [0.2, 0.25) is 5.02 Å². The van der Waals surface area contributed by atoms with Gasteiger partial charge in [-0.15, -0.1) is 0 Å². The lowest BCUT2D eigenvalue weighted by molar-refractivity contribution is 0.0982. The van der Waals surface area contributed by atoms with Gasteiger partial charge in [0.05, 0.1) is 0 Å². The largest absolute Gasteiger partial charge is 0.289 e. The van der Waals surface area contributed by atoms with Crippen molar-refractivity contribution >= 4 is 23.2 Å². The third-order valence-electron chi connectivity index (χ3n) is 3.62. The number of carbonyl (C=O) groups excluding carboxylic acids is 2. The topological polar surface area (TPSA) is 34.1 Å². The number of rotatable bonds is 2. The minimum atomic E-state index is -0.122. The van der Waals surface area contributed by atoms with Crippen LogP contribution in [0.4, 0.5) is 0 Å². The van der Waals surface area contributed by atoms with Crippen LogP contribution in [-0.2, 0) is 6.42 Å². The van der Waals surface area contributed by atoms with Crippen LogP contribution in [0.3, 0.4) is 0 Å². The molecule has 21 heavy (non-hydrogen) atoms. The maximum absolute atomic E-state index is 12.5. The van der Waals surface area contributed by atoms with Crippen molar-refractivity contribution in [3.63, 3.8) is 0 Å². The highest BCUT2D eigenvalue weighted by Crippen LogP contribution is 2.26. The van der Waals surface area contributed by atoms with Crippen molar-refractivity contribution in [2.45, 2.75) is 13.3 Å². The summed E-state index contributed by atoms with van der Waals surface area (Å²) in [6.45, 7) is 1.96. The number of hydrogen-bond acceptors (Lipinski definition) is 2. The molecule has 0 amide bonds. The lowest BCUT2D eigenvalue weighted by atomic mass is 9.87. The van der Waals surface area contributed by atoms with E-state index in [0.29, 0.717) is 28.1 Å². The first-order valence-corrected chi connectivity index (χ1v) is 7.08. The van der Waals surface area contributed by atoms with Crippen LogP contribution in [-0.4, -0.2) is 11.6 Å². The van der Waals surface area contributed by atoms with Gasteiger partial charge in [-0.25, -0.2) is 0 Å². The second-order valence-corrected chi connectivity index (χ2v) is 5.59. The number of hydrogen-bond donors (Lipinski definition) is 0. The van der Waals surface area contributed by atoms with Gasteiger partial charge in [0.15, 0.2) is 11.6 Å². The van der Waals surface area contributed by atoms with E-state index in [0.717, 1.165) is 11.1 Å². The van der Waals surface area contributed by atoms with E-state index < -0.39 is 0 Å². The molecule has 0 atom stereocenters. The van der Waals surface area contributed by atoms with Crippen molar-refractivity contribution in [2.75, 3.05) is 0 Å². The highest BCUT2D eigenvalue weighted by molar-refractivity contribution is 6.31. The summed E-state index contributed by atoms with van der Waals surface area (Å²) < 4.78 is 0. The zero-order valence-electron chi connectivity index (χ0n) is 11.5. The molecule has 2 aromatic rings. The minimum Gasteiger partial charge on any atom is -0.289 e. The third-order valence-corrected chi connectivity index (χ3v) is 3.98. The van der Waals surface area contributed by atoms with Crippen LogP contribution in [0.15, 0.2) is 54.1 Å². The molecule has 0 N–H and O–H groups in total. The molecule has 3 rings (SSSR count). The maximum atomic E-state index is 12.5. The number of allylic oxidation sites excluding steroid dienone is 2. The van der Waals surface area contributed by atoms with Crippen LogP contribution in [0.25, 0.3) is 0 Å². The Morgan fingerprint density at radius 2 is 1.71 bits per heavy atom. The number of carbonyl (C=O) groups is 2. The summed E-state index contributed by atoms with van der Waals surface area (Å²) in [5.74, 6) is -0.217. The van der Waals surface area contributed by atoms with Crippen LogP contribution in [0, 0.1) is 6.92 Å².